The molecule has 0 saturated heterocycles. The lowest BCUT2D eigenvalue weighted by atomic mass is 10.00. The van der Waals surface area contributed by atoms with Crippen LogP contribution in [-0.2, 0) is 9.47 Å². The molecule has 1 aliphatic rings. The van der Waals surface area contributed by atoms with Crippen LogP contribution in [0.2, 0.25) is 0 Å². The summed E-state index contributed by atoms with van der Waals surface area (Å²) in [6.07, 6.45) is 1.92. The SMILES string of the molecule is CC(C)(C)NC(=O)OC1/C=C/C(OC(=O)NC(C)(C)C)CC(O)CC1. The lowest BCUT2D eigenvalue weighted by Crippen LogP contribution is -2.43. The first-order valence-corrected chi connectivity index (χ1v) is 8.68. The Balaban J connectivity index is 2.66. The van der Waals surface area contributed by atoms with Gasteiger partial charge >= 0.3 is 12.2 Å². The molecular weight excluding hydrogens is 324 g/mol. The zero-order valence-electron chi connectivity index (χ0n) is 16.1. The van der Waals surface area contributed by atoms with Gasteiger partial charge in [0.2, 0.25) is 0 Å². The predicted octanol–water partition coefficient (Wildman–Crippen LogP) is 2.87. The summed E-state index contributed by atoms with van der Waals surface area (Å²) >= 11 is 0. The van der Waals surface area contributed by atoms with Gasteiger partial charge in [0.15, 0.2) is 0 Å². The average Bonchev–Trinajstić information content (AvgIpc) is 2.35. The summed E-state index contributed by atoms with van der Waals surface area (Å²) in [6, 6.07) is 0. The lowest BCUT2D eigenvalue weighted by Gasteiger charge is -2.27. The van der Waals surface area contributed by atoms with Gasteiger partial charge in [0, 0.05) is 17.5 Å². The summed E-state index contributed by atoms with van der Waals surface area (Å²) in [5, 5.41) is 15.5. The first-order valence-electron chi connectivity index (χ1n) is 8.68. The van der Waals surface area contributed by atoms with Crippen molar-refractivity contribution in [1.82, 2.24) is 10.6 Å². The number of carbonyl (C=O) groups excluding carboxylic acids is 2. The fourth-order valence-electron chi connectivity index (χ4n) is 2.30. The molecule has 25 heavy (non-hydrogen) atoms. The first kappa shape index (κ1) is 21.3. The number of ether oxygens (including phenoxy) is 2. The van der Waals surface area contributed by atoms with Gasteiger partial charge in [0.25, 0.3) is 0 Å². The van der Waals surface area contributed by atoms with Crippen LogP contribution in [0.5, 0.6) is 0 Å². The number of amides is 2. The van der Waals surface area contributed by atoms with Gasteiger partial charge in [-0.1, -0.05) is 0 Å². The molecule has 0 aromatic heterocycles. The van der Waals surface area contributed by atoms with Crippen molar-refractivity contribution in [3.63, 3.8) is 0 Å². The molecule has 0 bridgehead atoms. The predicted molar refractivity (Wildman–Crippen MR) is 95.3 cm³/mol. The van der Waals surface area contributed by atoms with Crippen LogP contribution in [0.3, 0.4) is 0 Å². The normalized spacial score (nSPS) is 26.0. The molecule has 1 rings (SSSR count). The van der Waals surface area contributed by atoms with Gasteiger partial charge in [-0.05, 0) is 66.5 Å². The van der Waals surface area contributed by atoms with Gasteiger partial charge in [0.05, 0.1) is 6.10 Å². The van der Waals surface area contributed by atoms with Crippen molar-refractivity contribution in [2.45, 2.75) is 90.2 Å². The van der Waals surface area contributed by atoms with Crippen molar-refractivity contribution in [2.24, 2.45) is 0 Å². The highest BCUT2D eigenvalue weighted by Crippen LogP contribution is 2.18. The standard InChI is InChI=1S/C18H32N2O5/c1-17(2,3)19-15(22)24-13-8-7-12(21)11-14(10-9-13)25-16(23)20-18(4,5)6/h9-10,12-14,21H,7-8,11H2,1-6H3,(H,19,22)(H,20,23)/b10-9+. The van der Waals surface area contributed by atoms with E-state index in [2.05, 4.69) is 10.6 Å². The molecule has 1 aliphatic carbocycles. The van der Waals surface area contributed by atoms with Crippen LogP contribution >= 0.6 is 0 Å². The molecule has 0 radical (unpaired) electrons. The molecule has 0 spiro atoms. The molecule has 7 heteroatoms. The van der Waals surface area contributed by atoms with Gasteiger partial charge in [-0.25, -0.2) is 9.59 Å². The number of alkyl carbamates (subject to hydrolysis) is 2. The summed E-state index contributed by atoms with van der Waals surface area (Å²) in [7, 11) is 0. The minimum atomic E-state index is -0.630. The number of hydrogen-bond acceptors (Lipinski definition) is 5. The second-order valence-corrected chi connectivity index (χ2v) is 8.49. The Labute approximate surface area is 150 Å². The van der Waals surface area contributed by atoms with Crippen LogP contribution in [0, 0.1) is 0 Å². The summed E-state index contributed by atoms with van der Waals surface area (Å²) in [5.74, 6) is 0. The largest absolute Gasteiger partial charge is 0.442 e. The Morgan fingerprint density at radius 2 is 1.32 bits per heavy atom. The molecule has 2 amide bonds. The molecule has 0 heterocycles. The Hall–Kier alpha value is -1.76. The first-order chi connectivity index (χ1) is 11.3. The molecule has 3 unspecified atom stereocenters. The van der Waals surface area contributed by atoms with Gasteiger partial charge in [-0.2, -0.15) is 0 Å². The molecule has 0 aromatic carbocycles. The van der Waals surface area contributed by atoms with E-state index in [9.17, 15) is 14.7 Å². The van der Waals surface area contributed by atoms with Gasteiger partial charge < -0.3 is 25.2 Å². The van der Waals surface area contributed by atoms with E-state index in [-0.39, 0.29) is 0 Å². The van der Waals surface area contributed by atoms with Gasteiger partial charge in [-0.15, -0.1) is 0 Å². The highest BCUT2D eigenvalue weighted by Gasteiger charge is 2.24. The van der Waals surface area contributed by atoms with E-state index in [4.69, 9.17) is 9.47 Å². The fraction of sp³-hybridized carbons (Fsp3) is 0.778. The van der Waals surface area contributed by atoms with Crippen molar-refractivity contribution >= 4 is 12.2 Å². The minimum Gasteiger partial charge on any atom is -0.442 e. The van der Waals surface area contributed by atoms with Gasteiger partial charge in [-0.3, -0.25) is 0 Å². The van der Waals surface area contributed by atoms with Crippen molar-refractivity contribution in [3.8, 4) is 0 Å². The maximum Gasteiger partial charge on any atom is 0.408 e. The third-order valence-electron chi connectivity index (χ3n) is 3.30. The summed E-state index contributed by atoms with van der Waals surface area (Å²) in [5.41, 5.74) is -0.795. The molecule has 144 valence electrons. The van der Waals surface area contributed by atoms with E-state index in [0.29, 0.717) is 19.3 Å². The lowest BCUT2D eigenvalue weighted by molar-refractivity contribution is 0.0509. The van der Waals surface area contributed by atoms with Crippen molar-refractivity contribution in [1.29, 1.82) is 0 Å². The third-order valence-corrected chi connectivity index (χ3v) is 3.30. The van der Waals surface area contributed by atoms with Crippen molar-refractivity contribution in [2.75, 3.05) is 0 Å². The molecule has 7 nitrogen and oxygen atoms in total. The molecular formula is C18H32N2O5. The van der Waals surface area contributed by atoms with Crippen LogP contribution in [0.4, 0.5) is 9.59 Å². The number of rotatable bonds is 2. The Morgan fingerprint density at radius 3 is 1.80 bits per heavy atom. The average molecular weight is 356 g/mol. The zero-order chi connectivity index (χ0) is 19.3. The van der Waals surface area contributed by atoms with Crippen LogP contribution in [0.15, 0.2) is 12.2 Å². The van der Waals surface area contributed by atoms with E-state index in [1.165, 1.54) is 0 Å². The van der Waals surface area contributed by atoms with E-state index in [1.54, 1.807) is 12.2 Å². The minimum absolute atomic E-state index is 0.314. The number of hydrogen-bond donors (Lipinski definition) is 3. The second-order valence-electron chi connectivity index (χ2n) is 8.49. The molecule has 3 N–H and O–H groups in total. The molecule has 0 saturated carbocycles. The van der Waals surface area contributed by atoms with E-state index < -0.39 is 41.6 Å². The van der Waals surface area contributed by atoms with Crippen LogP contribution in [-0.4, -0.2) is 46.7 Å². The van der Waals surface area contributed by atoms with Crippen molar-refractivity contribution < 1.29 is 24.2 Å². The summed E-state index contributed by atoms with van der Waals surface area (Å²) < 4.78 is 10.7. The Morgan fingerprint density at radius 1 is 0.880 bits per heavy atom. The molecule has 3 atom stereocenters. The second kappa shape index (κ2) is 8.56. The monoisotopic (exact) mass is 356 g/mol. The van der Waals surface area contributed by atoms with Gasteiger partial charge in [0.1, 0.15) is 12.2 Å². The Bertz CT molecular complexity index is 491. The third kappa shape index (κ3) is 9.96. The summed E-state index contributed by atoms with van der Waals surface area (Å²) in [4.78, 5) is 23.8. The van der Waals surface area contributed by atoms with E-state index >= 15 is 0 Å². The van der Waals surface area contributed by atoms with Crippen molar-refractivity contribution in [3.05, 3.63) is 12.2 Å². The number of carbonyl (C=O) groups is 2. The van der Waals surface area contributed by atoms with E-state index in [0.717, 1.165) is 0 Å². The highest BCUT2D eigenvalue weighted by molar-refractivity contribution is 5.69. The molecule has 0 aromatic rings. The molecule has 0 aliphatic heterocycles. The maximum absolute atomic E-state index is 11.9. The summed E-state index contributed by atoms with van der Waals surface area (Å²) in [6.45, 7) is 11.2. The zero-order valence-corrected chi connectivity index (χ0v) is 16.1. The van der Waals surface area contributed by atoms with Crippen LogP contribution in [0.1, 0.15) is 60.8 Å². The topological polar surface area (TPSA) is 96.9 Å². The highest BCUT2D eigenvalue weighted by atomic mass is 16.6. The Kier molecular flexibility index (Phi) is 7.29. The number of nitrogens with one attached hydrogen (secondary N) is 2. The quantitative estimate of drug-likeness (QED) is 0.661. The van der Waals surface area contributed by atoms with Crippen LogP contribution in [0.25, 0.3) is 0 Å². The van der Waals surface area contributed by atoms with E-state index in [1.807, 2.05) is 41.5 Å². The maximum atomic E-state index is 11.9. The fourth-order valence-corrected chi connectivity index (χ4v) is 2.30. The number of aliphatic hydroxyl groups is 1. The molecule has 0 fully saturated rings. The van der Waals surface area contributed by atoms with Crippen LogP contribution < -0.4 is 10.6 Å². The number of aliphatic hydroxyl groups excluding tert-OH is 1. The smallest absolute Gasteiger partial charge is 0.408 e.